The van der Waals surface area contributed by atoms with Crippen LogP contribution in [0, 0.1) is 11.8 Å². The van der Waals surface area contributed by atoms with Gasteiger partial charge in [-0.05, 0) is 109 Å². The van der Waals surface area contributed by atoms with Gasteiger partial charge in [-0.1, -0.05) is 6.92 Å². The molecule has 0 radical (unpaired) electrons. The van der Waals surface area contributed by atoms with E-state index in [1.165, 1.54) is 104 Å². The van der Waals surface area contributed by atoms with Gasteiger partial charge in [0.25, 0.3) is 0 Å². The van der Waals surface area contributed by atoms with E-state index < -0.39 is 0 Å². The van der Waals surface area contributed by atoms with Crippen molar-refractivity contribution >= 4 is 0 Å². The summed E-state index contributed by atoms with van der Waals surface area (Å²) in [4.78, 5) is 5.64. The maximum atomic E-state index is 3.97. The Morgan fingerprint density at radius 3 is 2.19 bits per heavy atom. The van der Waals surface area contributed by atoms with Gasteiger partial charge in [-0.25, -0.2) is 0 Å². The van der Waals surface area contributed by atoms with Crippen LogP contribution in [0.1, 0.15) is 64.7 Å². The first-order valence-electron chi connectivity index (χ1n) is 11.7. The van der Waals surface area contributed by atoms with E-state index in [1.54, 1.807) is 0 Å². The summed E-state index contributed by atoms with van der Waals surface area (Å²) in [6.45, 7) is 11.5. The fraction of sp³-hybridized carbons (Fsp3) is 1.00. The average Bonchev–Trinajstić information content (AvgIpc) is 2.95. The second kappa shape index (κ2) is 9.36. The highest BCUT2D eigenvalue weighted by Crippen LogP contribution is 2.30. The number of likely N-dealkylation sites (tertiary alicyclic amines) is 2. The third-order valence-electron chi connectivity index (χ3n) is 7.87. The molecule has 4 rings (SSSR count). The molecule has 0 saturated carbocycles. The standard InChI is InChI=1S/C22H42N4/c1-18-3-2-14-26(17-18)20-4-5-22(24-13-8-20)19-9-15-25(16-10-19)21-6-11-23-12-7-21/h18-24H,2-17H2,1H3. The van der Waals surface area contributed by atoms with Crippen LogP contribution in [-0.2, 0) is 0 Å². The quantitative estimate of drug-likeness (QED) is 0.808. The van der Waals surface area contributed by atoms with Crippen LogP contribution in [0.4, 0.5) is 0 Å². The normalized spacial score (nSPS) is 37.5. The Labute approximate surface area is 161 Å². The van der Waals surface area contributed by atoms with Gasteiger partial charge in [-0.3, -0.25) is 0 Å². The van der Waals surface area contributed by atoms with Gasteiger partial charge in [0.05, 0.1) is 0 Å². The van der Waals surface area contributed by atoms with Crippen molar-refractivity contribution in [1.29, 1.82) is 0 Å². The summed E-state index contributed by atoms with van der Waals surface area (Å²) in [6, 6.07) is 2.51. The molecule has 0 aromatic heterocycles. The Balaban J connectivity index is 1.23. The molecule has 2 N–H and O–H groups in total. The lowest BCUT2D eigenvalue weighted by molar-refractivity contribution is 0.0955. The lowest BCUT2D eigenvalue weighted by atomic mass is 9.85. The van der Waals surface area contributed by atoms with Gasteiger partial charge in [-0.15, -0.1) is 0 Å². The summed E-state index contributed by atoms with van der Waals surface area (Å²) in [5, 5.41) is 7.49. The third kappa shape index (κ3) is 4.81. The largest absolute Gasteiger partial charge is 0.317 e. The van der Waals surface area contributed by atoms with Crippen LogP contribution in [0.15, 0.2) is 0 Å². The lowest BCUT2D eigenvalue weighted by Crippen LogP contribution is -2.49. The number of nitrogens with one attached hydrogen (secondary N) is 2. The first kappa shape index (κ1) is 19.2. The van der Waals surface area contributed by atoms with Crippen LogP contribution in [0.3, 0.4) is 0 Å². The number of nitrogens with zero attached hydrogens (tertiary/aromatic N) is 2. The van der Waals surface area contributed by atoms with E-state index in [0.29, 0.717) is 0 Å². The molecule has 4 heteroatoms. The molecule has 0 amide bonds. The van der Waals surface area contributed by atoms with Crippen molar-refractivity contribution < 1.29 is 0 Å². The van der Waals surface area contributed by atoms with Crippen molar-refractivity contribution in [3.8, 4) is 0 Å². The van der Waals surface area contributed by atoms with Gasteiger partial charge in [0.1, 0.15) is 0 Å². The fourth-order valence-corrected chi connectivity index (χ4v) is 6.24. The number of hydrogen-bond donors (Lipinski definition) is 2. The molecule has 4 aliphatic heterocycles. The number of piperidine rings is 3. The van der Waals surface area contributed by atoms with Gasteiger partial charge in [-0.2, -0.15) is 0 Å². The third-order valence-corrected chi connectivity index (χ3v) is 7.87. The molecule has 0 aliphatic carbocycles. The minimum Gasteiger partial charge on any atom is -0.317 e. The van der Waals surface area contributed by atoms with Crippen LogP contribution >= 0.6 is 0 Å². The fourth-order valence-electron chi connectivity index (χ4n) is 6.24. The van der Waals surface area contributed by atoms with Gasteiger partial charge < -0.3 is 20.4 Å². The summed E-state index contributed by atoms with van der Waals surface area (Å²) < 4.78 is 0. The Morgan fingerprint density at radius 1 is 0.692 bits per heavy atom. The van der Waals surface area contributed by atoms with Crippen LogP contribution in [0.5, 0.6) is 0 Å². The highest BCUT2D eigenvalue weighted by Gasteiger charge is 2.32. The van der Waals surface area contributed by atoms with E-state index in [9.17, 15) is 0 Å². The molecule has 0 bridgehead atoms. The molecule has 3 unspecified atom stereocenters. The Kier molecular flexibility index (Phi) is 6.90. The van der Waals surface area contributed by atoms with Gasteiger partial charge in [0, 0.05) is 24.7 Å². The molecular formula is C22H42N4. The molecule has 0 aromatic carbocycles. The summed E-state index contributed by atoms with van der Waals surface area (Å²) in [5.41, 5.74) is 0. The smallest absolute Gasteiger partial charge is 0.0119 e. The van der Waals surface area contributed by atoms with Crippen molar-refractivity contribution in [1.82, 2.24) is 20.4 Å². The molecule has 0 spiro atoms. The van der Waals surface area contributed by atoms with Crippen LogP contribution in [-0.4, -0.2) is 73.7 Å². The van der Waals surface area contributed by atoms with E-state index in [0.717, 1.165) is 30.0 Å². The predicted octanol–water partition coefficient (Wildman–Crippen LogP) is 2.69. The van der Waals surface area contributed by atoms with E-state index in [2.05, 4.69) is 27.4 Å². The molecular weight excluding hydrogens is 320 g/mol. The van der Waals surface area contributed by atoms with E-state index >= 15 is 0 Å². The van der Waals surface area contributed by atoms with E-state index in [1.807, 2.05) is 0 Å². The van der Waals surface area contributed by atoms with Crippen LogP contribution in [0.2, 0.25) is 0 Å². The van der Waals surface area contributed by atoms with E-state index in [4.69, 9.17) is 0 Å². The van der Waals surface area contributed by atoms with Crippen molar-refractivity contribution in [3.05, 3.63) is 0 Å². The summed E-state index contributed by atoms with van der Waals surface area (Å²) in [5.74, 6) is 1.84. The van der Waals surface area contributed by atoms with Gasteiger partial charge in [0.2, 0.25) is 0 Å². The lowest BCUT2D eigenvalue weighted by Gasteiger charge is -2.41. The molecule has 150 valence electrons. The molecule has 4 aliphatic rings. The minimum atomic E-state index is 0.789. The van der Waals surface area contributed by atoms with E-state index in [-0.39, 0.29) is 0 Å². The Bertz CT molecular complexity index is 414. The van der Waals surface area contributed by atoms with Crippen molar-refractivity contribution in [3.63, 3.8) is 0 Å². The minimum absolute atomic E-state index is 0.789. The van der Waals surface area contributed by atoms with Crippen LogP contribution < -0.4 is 10.6 Å². The van der Waals surface area contributed by atoms with Crippen molar-refractivity contribution in [2.45, 2.75) is 82.8 Å². The zero-order valence-corrected chi connectivity index (χ0v) is 17.1. The first-order valence-corrected chi connectivity index (χ1v) is 11.7. The second-order valence-electron chi connectivity index (χ2n) is 9.68. The summed E-state index contributed by atoms with van der Waals surface area (Å²) >= 11 is 0. The van der Waals surface area contributed by atoms with Gasteiger partial charge in [0.15, 0.2) is 0 Å². The summed E-state index contributed by atoms with van der Waals surface area (Å²) in [6.07, 6.45) is 12.7. The Hall–Kier alpha value is -0.160. The van der Waals surface area contributed by atoms with Gasteiger partial charge >= 0.3 is 0 Å². The molecule has 0 aromatic rings. The topological polar surface area (TPSA) is 30.5 Å². The van der Waals surface area contributed by atoms with Crippen molar-refractivity contribution in [2.75, 3.05) is 45.8 Å². The average molecular weight is 363 g/mol. The zero-order chi connectivity index (χ0) is 17.8. The van der Waals surface area contributed by atoms with Crippen LogP contribution in [0.25, 0.3) is 0 Å². The Morgan fingerprint density at radius 2 is 1.42 bits per heavy atom. The molecule has 3 atom stereocenters. The molecule has 4 fully saturated rings. The number of rotatable bonds is 3. The highest BCUT2D eigenvalue weighted by molar-refractivity contribution is 4.90. The monoisotopic (exact) mass is 362 g/mol. The maximum absolute atomic E-state index is 3.97. The first-order chi connectivity index (χ1) is 12.8. The molecule has 4 nitrogen and oxygen atoms in total. The second-order valence-corrected chi connectivity index (χ2v) is 9.68. The molecule has 4 saturated heterocycles. The summed E-state index contributed by atoms with van der Waals surface area (Å²) in [7, 11) is 0. The molecule has 4 heterocycles. The number of hydrogen-bond acceptors (Lipinski definition) is 4. The van der Waals surface area contributed by atoms with Crippen molar-refractivity contribution in [2.24, 2.45) is 11.8 Å². The predicted molar refractivity (Wildman–Crippen MR) is 110 cm³/mol. The highest BCUT2D eigenvalue weighted by atomic mass is 15.2. The molecule has 26 heavy (non-hydrogen) atoms. The zero-order valence-electron chi connectivity index (χ0n) is 17.1. The SMILES string of the molecule is CC1CCCN(C2CCNC(C3CCN(C4CCNCC4)CC3)CC2)C1. The maximum Gasteiger partial charge on any atom is 0.0119 e.